The number of H-pyrrole nitrogens is 1. The molecule has 0 aliphatic carbocycles. The van der Waals surface area contributed by atoms with Crippen LogP contribution in [0.5, 0.6) is 5.75 Å². The summed E-state index contributed by atoms with van der Waals surface area (Å²) in [7, 11) is 0. The van der Waals surface area contributed by atoms with Gasteiger partial charge in [0.1, 0.15) is 5.75 Å². The van der Waals surface area contributed by atoms with Crippen molar-refractivity contribution < 1.29 is 19.4 Å². The molecule has 0 saturated carbocycles. The highest BCUT2D eigenvalue weighted by Gasteiger charge is 2.16. The van der Waals surface area contributed by atoms with E-state index in [4.69, 9.17) is 9.52 Å². The molecule has 0 spiro atoms. The minimum Gasteiger partial charge on any atom is -0.506 e. The second-order valence-electron chi connectivity index (χ2n) is 3.74. The largest absolute Gasteiger partial charge is 0.506 e. The molecule has 0 bridgehead atoms. The maximum atomic E-state index is 10.7. The Morgan fingerprint density at radius 1 is 1.39 bits per heavy atom. The number of aromatic amines is 1. The lowest BCUT2D eigenvalue weighted by atomic mass is 10.1. The van der Waals surface area contributed by atoms with Crippen molar-refractivity contribution in [1.29, 1.82) is 0 Å². The second kappa shape index (κ2) is 3.63. The third-order valence-electron chi connectivity index (χ3n) is 2.64. The van der Waals surface area contributed by atoms with E-state index in [9.17, 15) is 9.90 Å². The summed E-state index contributed by atoms with van der Waals surface area (Å²) in [4.78, 5) is 17.5. The first kappa shape index (κ1) is 10.4. The van der Waals surface area contributed by atoms with Crippen molar-refractivity contribution >= 4 is 16.9 Å². The Bertz CT molecular complexity index is 741. The van der Waals surface area contributed by atoms with Gasteiger partial charge in [-0.25, -0.2) is 9.78 Å². The number of nitrogens with zero attached hydrogens (tertiary/aromatic N) is 1. The van der Waals surface area contributed by atoms with E-state index in [1.165, 1.54) is 0 Å². The first-order valence-corrected chi connectivity index (χ1v) is 5.15. The fraction of sp³-hybridized carbons (Fsp3) is 0. The lowest BCUT2D eigenvalue weighted by molar-refractivity contribution is 0.0663. The Kier molecular flexibility index (Phi) is 2.09. The van der Waals surface area contributed by atoms with Gasteiger partial charge in [0, 0.05) is 11.6 Å². The smallest absolute Gasteiger partial charge is 0.373 e. The summed E-state index contributed by atoms with van der Waals surface area (Å²) < 4.78 is 5.13. The van der Waals surface area contributed by atoms with Gasteiger partial charge in [0.15, 0.2) is 0 Å². The molecule has 90 valence electrons. The van der Waals surface area contributed by atoms with Gasteiger partial charge in [0.05, 0.1) is 17.3 Å². The summed E-state index contributed by atoms with van der Waals surface area (Å²) in [6.45, 7) is 0. The average Bonchev–Trinajstić information content (AvgIpc) is 2.94. The van der Waals surface area contributed by atoms with E-state index in [-0.39, 0.29) is 17.4 Å². The van der Waals surface area contributed by atoms with Gasteiger partial charge in [0.25, 0.3) is 0 Å². The lowest BCUT2D eigenvalue weighted by Crippen LogP contribution is -1.91. The van der Waals surface area contributed by atoms with Gasteiger partial charge in [-0.15, -0.1) is 0 Å². The summed E-state index contributed by atoms with van der Waals surface area (Å²) >= 11 is 0. The minimum atomic E-state index is -1.17. The van der Waals surface area contributed by atoms with E-state index in [0.717, 1.165) is 6.20 Å². The van der Waals surface area contributed by atoms with Crippen LogP contribution in [0.15, 0.2) is 35.0 Å². The molecule has 0 radical (unpaired) electrons. The number of fused-ring (bicyclic) bond motifs is 1. The number of carboxylic acid groups (broad SMARTS) is 1. The first-order valence-electron chi connectivity index (χ1n) is 5.15. The molecule has 3 aromatic rings. The monoisotopic (exact) mass is 244 g/mol. The van der Waals surface area contributed by atoms with Crippen LogP contribution in [0.3, 0.4) is 0 Å². The number of phenols is 1. The number of aromatic nitrogens is 2. The molecule has 1 aromatic carbocycles. The molecule has 3 rings (SSSR count). The van der Waals surface area contributed by atoms with Gasteiger partial charge in [-0.3, -0.25) is 0 Å². The maximum absolute atomic E-state index is 10.7. The van der Waals surface area contributed by atoms with Crippen LogP contribution in [0.1, 0.15) is 10.6 Å². The Morgan fingerprint density at radius 3 is 2.94 bits per heavy atom. The van der Waals surface area contributed by atoms with Crippen LogP contribution in [-0.4, -0.2) is 26.2 Å². The van der Waals surface area contributed by atoms with Gasteiger partial charge in [-0.1, -0.05) is 12.1 Å². The average molecular weight is 244 g/mol. The molecule has 0 aliphatic rings. The quantitative estimate of drug-likeness (QED) is 0.641. The molecule has 6 nitrogen and oxygen atoms in total. The van der Waals surface area contributed by atoms with Gasteiger partial charge >= 0.3 is 5.97 Å². The van der Waals surface area contributed by atoms with Crippen molar-refractivity contribution in [2.24, 2.45) is 0 Å². The summed E-state index contributed by atoms with van der Waals surface area (Å²) in [6, 6.07) is 5.03. The fourth-order valence-corrected chi connectivity index (χ4v) is 1.81. The highest BCUT2D eigenvalue weighted by atomic mass is 16.4. The van der Waals surface area contributed by atoms with Crippen LogP contribution in [0.2, 0.25) is 0 Å². The number of hydrogen-bond acceptors (Lipinski definition) is 4. The highest BCUT2D eigenvalue weighted by Crippen LogP contribution is 2.32. The number of oxazole rings is 1. The number of para-hydroxylation sites is 1. The maximum Gasteiger partial charge on any atom is 0.373 e. The molecule has 2 heterocycles. The molecule has 0 fully saturated rings. The standard InChI is InChI=1S/C12H8N2O4/c15-8-3-1-2-6-7(4-13-10(6)8)11-14-5-9(18-11)12(16)17/h1-5,13,15H,(H,16,17). The number of aromatic hydroxyl groups is 1. The Balaban J connectivity index is 2.19. The van der Waals surface area contributed by atoms with Crippen LogP contribution in [-0.2, 0) is 0 Å². The molecule has 0 saturated heterocycles. The number of hydrogen-bond donors (Lipinski definition) is 3. The molecule has 3 N–H and O–H groups in total. The van der Waals surface area contributed by atoms with E-state index in [2.05, 4.69) is 9.97 Å². The van der Waals surface area contributed by atoms with Gasteiger partial charge in [-0.05, 0) is 6.07 Å². The molecular formula is C12H8N2O4. The molecule has 18 heavy (non-hydrogen) atoms. The topological polar surface area (TPSA) is 99.3 Å². The van der Waals surface area contributed by atoms with E-state index < -0.39 is 5.97 Å². The van der Waals surface area contributed by atoms with Gasteiger partial charge in [-0.2, -0.15) is 0 Å². The number of aromatic carboxylic acids is 1. The molecule has 6 heteroatoms. The molecule has 2 aromatic heterocycles. The van der Waals surface area contributed by atoms with Gasteiger partial charge in [0.2, 0.25) is 11.7 Å². The summed E-state index contributed by atoms with van der Waals surface area (Å²) in [5.41, 5.74) is 1.16. The van der Waals surface area contributed by atoms with Crippen molar-refractivity contribution in [3.8, 4) is 17.2 Å². The normalized spacial score (nSPS) is 10.9. The number of rotatable bonds is 2. The van der Waals surface area contributed by atoms with Crippen LogP contribution < -0.4 is 0 Å². The van der Waals surface area contributed by atoms with Crippen molar-refractivity contribution in [1.82, 2.24) is 9.97 Å². The Hall–Kier alpha value is -2.76. The van der Waals surface area contributed by atoms with Crippen molar-refractivity contribution in [3.05, 3.63) is 36.4 Å². The number of carbonyl (C=O) groups is 1. The number of benzene rings is 1. The Labute approximate surface area is 101 Å². The zero-order valence-electron chi connectivity index (χ0n) is 9.04. The van der Waals surface area contributed by atoms with Crippen LogP contribution in [0, 0.1) is 0 Å². The van der Waals surface area contributed by atoms with Crippen molar-refractivity contribution in [2.45, 2.75) is 0 Å². The van der Waals surface area contributed by atoms with Crippen LogP contribution >= 0.6 is 0 Å². The number of carboxylic acids is 1. The minimum absolute atomic E-state index is 0.115. The number of nitrogens with one attached hydrogen (secondary N) is 1. The summed E-state index contributed by atoms with van der Waals surface area (Å²) in [5.74, 6) is -1.08. The zero-order chi connectivity index (χ0) is 12.7. The molecule has 0 amide bonds. The third kappa shape index (κ3) is 1.43. The molecular weight excluding hydrogens is 236 g/mol. The summed E-state index contributed by atoms with van der Waals surface area (Å²) in [6.07, 6.45) is 2.77. The summed E-state index contributed by atoms with van der Waals surface area (Å²) in [5, 5.41) is 19.1. The predicted molar refractivity (Wildman–Crippen MR) is 62.4 cm³/mol. The van der Waals surface area contributed by atoms with Crippen molar-refractivity contribution in [2.75, 3.05) is 0 Å². The van der Waals surface area contributed by atoms with Gasteiger partial charge < -0.3 is 19.6 Å². The zero-order valence-corrected chi connectivity index (χ0v) is 9.04. The molecule has 0 aliphatic heterocycles. The van der Waals surface area contributed by atoms with Crippen LogP contribution in [0.25, 0.3) is 22.4 Å². The third-order valence-corrected chi connectivity index (χ3v) is 2.64. The van der Waals surface area contributed by atoms with Crippen LogP contribution in [0.4, 0.5) is 0 Å². The Morgan fingerprint density at radius 2 is 2.22 bits per heavy atom. The lowest BCUT2D eigenvalue weighted by Gasteiger charge is -1.95. The van der Waals surface area contributed by atoms with E-state index >= 15 is 0 Å². The fourth-order valence-electron chi connectivity index (χ4n) is 1.81. The van der Waals surface area contributed by atoms with E-state index in [0.29, 0.717) is 16.5 Å². The SMILES string of the molecule is O=C(O)c1cnc(-c2c[nH]c3c(O)cccc23)o1. The van der Waals surface area contributed by atoms with E-state index in [1.54, 1.807) is 24.4 Å². The van der Waals surface area contributed by atoms with Crippen molar-refractivity contribution in [3.63, 3.8) is 0 Å². The molecule has 0 atom stereocenters. The predicted octanol–water partition coefficient (Wildman–Crippen LogP) is 2.23. The van der Waals surface area contributed by atoms with E-state index in [1.807, 2.05) is 0 Å². The highest BCUT2D eigenvalue weighted by molar-refractivity contribution is 5.96. The second-order valence-corrected chi connectivity index (χ2v) is 3.74. The molecule has 0 unspecified atom stereocenters. The number of phenolic OH excluding ortho intramolecular Hbond substituents is 1. The first-order chi connectivity index (χ1) is 8.66.